The maximum Gasteiger partial charge on any atom is 0.332 e. The average Bonchev–Trinajstić information content (AvgIpc) is 3.10. The van der Waals surface area contributed by atoms with Crippen molar-refractivity contribution in [2.24, 2.45) is 17.8 Å². The molecule has 140 valence electrons. The number of ether oxygens (including phenoxy) is 2. The molecule has 3 aliphatic rings. The summed E-state index contributed by atoms with van der Waals surface area (Å²) < 4.78 is 39.9. The number of amides is 1. The highest BCUT2D eigenvalue weighted by atomic mass is 32.2. The van der Waals surface area contributed by atoms with Crippen LogP contribution in [0.25, 0.3) is 0 Å². The lowest BCUT2D eigenvalue weighted by Crippen LogP contribution is -2.41. The molecule has 25 heavy (non-hydrogen) atoms. The van der Waals surface area contributed by atoms with E-state index < -0.39 is 33.5 Å². The molecule has 1 saturated heterocycles. The van der Waals surface area contributed by atoms with Gasteiger partial charge in [0.25, 0.3) is 10.1 Å². The van der Waals surface area contributed by atoms with E-state index in [0.29, 0.717) is 5.57 Å². The van der Waals surface area contributed by atoms with E-state index in [2.05, 4.69) is 11.9 Å². The molecule has 2 saturated carbocycles. The van der Waals surface area contributed by atoms with Crippen LogP contribution >= 0.6 is 0 Å². The number of nitrogens with one attached hydrogen (secondary N) is 1. The molecule has 1 heterocycles. The summed E-state index contributed by atoms with van der Waals surface area (Å²) in [5, 5.41) is 2.11. The van der Waals surface area contributed by atoms with Crippen molar-refractivity contribution >= 4 is 22.0 Å². The molecule has 3 rings (SSSR count). The first-order valence-corrected chi connectivity index (χ1v) is 9.82. The second-order valence-corrected chi connectivity index (χ2v) is 8.70. The van der Waals surface area contributed by atoms with Gasteiger partial charge < -0.3 is 14.8 Å². The summed E-state index contributed by atoms with van der Waals surface area (Å²) in [7, 11) is -3.53. The quantitative estimate of drug-likeness (QED) is 0.289. The highest BCUT2D eigenvalue weighted by Crippen LogP contribution is 2.58. The minimum atomic E-state index is -3.53. The highest BCUT2D eigenvalue weighted by molar-refractivity contribution is 7.87. The predicted octanol–water partition coefficient (Wildman–Crippen LogP) is -0.00990. The molecule has 2 bridgehead atoms. The minimum Gasteiger partial charge on any atom is -0.462 e. The highest BCUT2D eigenvalue weighted by Gasteiger charge is 2.67. The van der Waals surface area contributed by atoms with Crippen LogP contribution in [0.2, 0.25) is 0 Å². The van der Waals surface area contributed by atoms with Gasteiger partial charge in [0.15, 0.2) is 0 Å². The molecule has 1 N–H and O–H groups in total. The lowest BCUT2D eigenvalue weighted by atomic mass is 9.86. The third kappa shape index (κ3) is 3.32. The van der Waals surface area contributed by atoms with E-state index in [1.807, 2.05) is 6.92 Å². The van der Waals surface area contributed by atoms with E-state index in [1.165, 1.54) is 0 Å². The van der Waals surface area contributed by atoms with Gasteiger partial charge in [-0.25, -0.2) is 4.79 Å². The zero-order chi connectivity index (χ0) is 18.4. The van der Waals surface area contributed by atoms with Crippen molar-refractivity contribution in [3.63, 3.8) is 0 Å². The molecule has 3 fully saturated rings. The van der Waals surface area contributed by atoms with Crippen molar-refractivity contribution in [3.05, 3.63) is 12.2 Å². The largest absolute Gasteiger partial charge is 0.462 e. The van der Waals surface area contributed by atoms with E-state index >= 15 is 0 Å². The summed E-state index contributed by atoms with van der Waals surface area (Å²) in [6.07, 6.45) is -0.134. The Morgan fingerprint density at radius 2 is 2.04 bits per heavy atom. The zero-order valence-electron chi connectivity index (χ0n) is 14.3. The Morgan fingerprint density at radius 3 is 2.72 bits per heavy atom. The molecule has 1 amide bonds. The van der Waals surface area contributed by atoms with Gasteiger partial charge in [-0.3, -0.25) is 8.98 Å². The molecule has 0 spiro atoms. The topological polar surface area (TPSA) is 108 Å². The number of fused-ring (bicyclic) bond motifs is 1. The number of hydrogen-bond donors (Lipinski definition) is 1. The summed E-state index contributed by atoms with van der Waals surface area (Å²) in [5.41, 5.74) is 0.380. The molecule has 9 heteroatoms. The molecule has 6 unspecified atom stereocenters. The maximum absolute atomic E-state index is 12.0. The van der Waals surface area contributed by atoms with Crippen molar-refractivity contribution < 1.29 is 31.7 Å². The molecule has 0 aromatic carbocycles. The Hall–Kier alpha value is -1.45. The Morgan fingerprint density at radius 1 is 1.32 bits per heavy atom. The zero-order valence-corrected chi connectivity index (χ0v) is 15.1. The molecule has 1 aliphatic heterocycles. The first kappa shape index (κ1) is 18.3. The first-order chi connectivity index (χ1) is 11.7. The van der Waals surface area contributed by atoms with Crippen molar-refractivity contribution in [2.75, 3.05) is 19.8 Å². The van der Waals surface area contributed by atoms with Gasteiger partial charge in [0.1, 0.15) is 19.3 Å². The smallest absolute Gasteiger partial charge is 0.332 e. The van der Waals surface area contributed by atoms with Crippen LogP contribution in [0.3, 0.4) is 0 Å². The third-order valence-corrected chi connectivity index (χ3v) is 7.27. The van der Waals surface area contributed by atoms with Crippen molar-refractivity contribution in [1.29, 1.82) is 0 Å². The summed E-state index contributed by atoms with van der Waals surface area (Å²) >= 11 is 0. The van der Waals surface area contributed by atoms with Crippen molar-refractivity contribution in [1.82, 2.24) is 5.32 Å². The van der Waals surface area contributed by atoms with Crippen LogP contribution in [0.1, 0.15) is 20.3 Å². The Bertz CT molecular complexity index is 689. The number of hydrogen-bond acceptors (Lipinski definition) is 7. The lowest BCUT2D eigenvalue weighted by molar-refractivity contribution is -0.154. The summed E-state index contributed by atoms with van der Waals surface area (Å²) in [6.45, 7) is 6.94. The Balaban J connectivity index is 1.43. The second kappa shape index (κ2) is 6.69. The number of carbonyl (C=O) groups excluding carboxylic acids is 2. The molecular weight excluding hydrogens is 350 g/mol. The van der Waals surface area contributed by atoms with Gasteiger partial charge in [-0.1, -0.05) is 13.5 Å². The number of carbonyl (C=O) groups is 2. The summed E-state index contributed by atoms with van der Waals surface area (Å²) in [5.74, 6) is -0.842. The van der Waals surface area contributed by atoms with Crippen LogP contribution in [0.5, 0.6) is 0 Å². The molecule has 0 radical (unpaired) electrons. The van der Waals surface area contributed by atoms with Crippen molar-refractivity contribution in [3.8, 4) is 0 Å². The molecule has 0 aromatic heterocycles. The predicted molar refractivity (Wildman–Crippen MR) is 86.9 cm³/mol. The fourth-order valence-electron chi connectivity index (χ4n) is 4.27. The van der Waals surface area contributed by atoms with Crippen LogP contribution < -0.4 is 5.32 Å². The van der Waals surface area contributed by atoms with E-state index in [1.54, 1.807) is 6.92 Å². The standard InChI is InChI=1S/C16H23NO7S/c1-8(2)16(19)17-4-5-22-12(18)7-23-13-10-6-11-14(13)24-25(20,21)15(11)9(10)3/h9-11,13-15H,1,4-7H2,2-3H3,(H,17,19). The SMILES string of the molecule is C=C(C)C(=O)NCCOC(=O)COC1C2CC3C1OS(=O)(=O)C3C2C. The summed E-state index contributed by atoms with van der Waals surface area (Å²) in [4.78, 5) is 23.0. The number of rotatable bonds is 7. The van der Waals surface area contributed by atoms with E-state index in [4.69, 9.17) is 13.7 Å². The average molecular weight is 373 g/mol. The van der Waals surface area contributed by atoms with Gasteiger partial charge in [-0.05, 0) is 25.2 Å². The lowest BCUT2D eigenvalue weighted by Gasteiger charge is -2.29. The molecule has 0 aromatic rings. The fraction of sp³-hybridized carbons (Fsp3) is 0.750. The van der Waals surface area contributed by atoms with Crippen LogP contribution in [-0.4, -0.2) is 57.5 Å². The van der Waals surface area contributed by atoms with Gasteiger partial charge in [0.05, 0.1) is 17.9 Å². The van der Waals surface area contributed by atoms with E-state index in [-0.39, 0.29) is 43.4 Å². The summed E-state index contributed by atoms with van der Waals surface area (Å²) in [6, 6.07) is 0. The van der Waals surface area contributed by atoms with Crippen LogP contribution in [-0.2, 0) is 33.4 Å². The third-order valence-electron chi connectivity index (χ3n) is 5.34. The first-order valence-electron chi connectivity index (χ1n) is 8.35. The van der Waals surface area contributed by atoms with Crippen molar-refractivity contribution in [2.45, 2.75) is 37.7 Å². The second-order valence-electron chi connectivity index (χ2n) is 6.97. The number of esters is 1. The van der Waals surface area contributed by atoms with Gasteiger partial charge in [0, 0.05) is 11.5 Å². The monoisotopic (exact) mass is 373 g/mol. The van der Waals surface area contributed by atoms with E-state index in [0.717, 1.165) is 6.42 Å². The van der Waals surface area contributed by atoms with Crippen LogP contribution in [0, 0.1) is 17.8 Å². The fourth-order valence-corrected chi connectivity index (χ4v) is 6.38. The minimum absolute atomic E-state index is 0.0325. The van der Waals surface area contributed by atoms with Crippen LogP contribution in [0.4, 0.5) is 0 Å². The van der Waals surface area contributed by atoms with Gasteiger partial charge in [-0.2, -0.15) is 8.42 Å². The Kier molecular flexibility index (Phi) is 4.91. The van der Waals surface area contributed by atoms with Gasteiger partial charge in [-0.15, -0.1) is 0 Å². The Labute approximate surface area is 147 Å². The molecular formula is C16H23NO7S. The molecule has 2 aliphatic carbocycles. The molecule has 8 nitrogen and oxygen atoms in total. The van der Waals surface area contributed by atoms with Gasteiger partial charge >= 0.3 is 5.97 Å². The van der Waals surface area contributed by atoms with Crippen LogP contribution in [0.15, 0.2) is 12.2 Å². The normalized spacial score (nSPS) is 37.0. The maximum atomic E-state index is 12.0. The van der Waals surface area contributed by atoms with Gasteiger partial charge in [0.2, 0.25) is 5.91 Å². The molecule has 6 atom stereocenters. The van der Waals surface area contributed by atoms with E-state index in [9.17, 15) is 18.0 Å².